The Bertz CT molecular complexity index is 791. The zero-order valence-electron chi connectivity index (χ0n) is 13.4. The third kappa shape index (κ3) is 3.56. The van der Waals surface area contributed by atoms with Crippen LogP contribution in [0.5, 0.6) is 0 Å². The zero-order valence-corrected chi connectivity index (χ0v) is 14.2. The predicted molar refractivity (Wildman–Crippen MR) is 86.3 cm³/mol. The Morgan fingerprint density at radius 1 is 1.17 bits per heavy atom. The molecular weight excluding hydrogens is 339 g/mol. The highest BCUT2D eigenvalue weighted by Gasteiger charge is 2.22. The van der Waals surface area contributed by atoms with Gasteiger partial charge in [-0.25, -0.2) is 13.2 Å². The van der Waals surface area contributed by atoms with Crippen LogP contribution in [0.4, 0.5) is 13.2 Å². The van der Waals surface area contributed by atoms with E-state index >= 15 is 0 Å². The van der Waals surface area contributed by atoms with E-state index in [9.17, 15) is 22.8 Å². The molecule has 1 N–H and O–H groups in total. The molecule has 0 atom stereocenters. The van der Waals surface area contributed by atoms with Crippen LogP contribution in [-0.2, 0) is 6.42 Å². The van der Waals surface area contributed by atoms with Gasteiger partial charge in [0.05, 0.1) is 16.3 Å². The first-order valence-corrected chi connectivity index (χ1v) is 8.27. The van der Waals surface area contributed by atoms with Crippen molar-refractivity contribution in [1.82, 2.24) is 4.98 Å². The maximum Gasteiger partial charge on any atom is 0.189 e. The highest BCUT2D eigenvalue weighted by Crippen LogP contribution is 2.28. The maximum atomic E-state index is 13.6. The lowest BCUT2D eigenvalue weighted by atomic mass is 10.0. The number of thioether (sulfide) groups is 1. The maximum absolute atomic E-state index is 13.6. The molecule has 0 bridgehead atoms. The van der Waals surface area contributed by atoms with Gasteiger partial charge >= 0.3 is 0 Å². The Morgan fingerprint density at radius 3 is 2.25 bits per heavy atom. The number of hydrogen-bond acceptors (Lipinski definition) is 3. The van der Waals surface area contributed by atoms with Crippen molar-refractivity contribution in [3.8, 4) is 0 Å². The van der Waals surface area contributed by atoms with Crippen LogP contribution < -0.4 is 0 Å². The summed E-state index contributed by atoms with van der Waals surface area (Å²) < 4.78 is 40.1. The van der Waals surface area contributed by atoms with Crippen molar-refractivity contribution in [1.29, 1.82) is 0 Å². The van der Waals surface area contributed by atoms with Gasteiger partial charge in [-0.3, -0.25) is 9.59 Å². The number of rotatable bonds is 6. The molecule has 1 heterocycles. The first-order valence-electron chi connectivity index (χ1n) is 7.29. The molecule has 0 radical (unpaired) electrons. The number of benzene rings is 1. The lowest BCUT2D eigenvalue weighted by molar-refractivity contribution is 0.101. The summed E-state index contributed by atoms with van der Waals surface area (Å²) in [6, 6.07) is 1.14. The summed E-state index contributed by atoms with van der Waals surface area (Å²) in [5.74, 6) is -3.87. The number of carbonyl (C=O) groups excluding carboxylic acids is 2. The van der Waals surface area contributed by atoms with E-state index in [4.69, 9.17) is 0 Å². The monoisotopic (exact) mass is 355 g/mol. The van der Waals surface area contributed by atoms with Gasteiger partial charge in [-0.05, 0) is 25.8 Å². The number of ketones is 2. The van der Waals surface area contributed by atoms with Crippen LogP contribution in [0.25, 0.3) is 0 Å². The highest BCUT2D eigenvalue weighted by atomic mass is 32.2. The average molecular weight is 355 g/mol. The van der Waals surface area contributed by atoms with E-state index in [0.29, 0.717) is 47.1 Å². The summed E-state index contributed by atoms with van der Waals surface area (Å²) in [6.45, 7) is 4.93. The number of aromatic nitrogens is 1. The molecule has 0 amide bonds. The van der Waals surface area contributed by atoms with E-state index in [2.05, 4.69) is 4.98 Å². The molecule has 1 aromatic heterocycles. The Labute approximate surface area is 141 Å². The molecule has 0 saturated heterocycles. The van der Waals surface area contributed by atoms with Crippen molar-refractivity contribution in [2.24, 2.45) is 0 Å². The van der Waals surface area contributed by atoms with Crippen LogP contribution in [0.3, 0.4) is 0 Å². The van der Waals surface area contributed by atoms with Gasteiger partial charge in [-0.15, -0.1) is 11.8 Å². The minimum Gasteiger partial charge on any atom is -0.355 e. The first-order chi connectivity index (χ1) is 11.3. The summed E-state index contributed by atoms with van der Waals surface area (Å²) >= 11 is 0.657. The summed E-state index contributed by atoms with van der Waals surface area (Å²) in [7, 11) is 0. The minimum absolute atomic E-state index is 0.150. The number of hydrogen-bond donors (Lipinski definition) is 1. The van der Waals surface area contributed by atoms with Gasteiger partial charge < -0.3 is 4.98 Å². The number of carbonyl (C=O) groups is 2. The quantitative estimate of drug-likeness (QED) is 0.614. The third-order valence-corrected chi connectivity index (χ3v) is 4.67. The third-order valence-electron chi connectivity index (χ3n) is 3.59. The largest absolute Gasteiger partial charge is 0.355 e. The molecule has 3 nitrogen and oxygen atoms in total. The van der Waals surface area contributed by atoms with Crippen molar-refractivity contribution in [2.75, 3.05) is 5.75 Å². The summed E-state index contributed by atoms with van der Waals surface area (Å²) in [5, 5.41) is 0. The van der Waals surface area contributed by atoms with Crippen LogP contribution in [-0.4, -0.2) is 22.3 Å². The van der Waals surface area contributed by atoms with Crippen LogP contribution in [0.2, 0.25) is 0 Å². The molecule has 1 aromatic carbocycles. The molecule has 128 valence electrons. The molecule has 0 aliphatic carbocycles. The van der Waals surface area contributed by atoms with E-state index in [1.54, 1.807) is 6.92 Å². The molecule has 0 unspecified atom stereocenters. The first kappa shape index (κ1) is 18.3. The Hall–Kier alpha value is -2.02. The number of aromatic amines is 1. The predicted octanol–water partition coefficient (Wildman–Crippen LogP) is 4.48. The number of aryl methyl sites for hydroxylation is 1. The van der Waals surface area contributed by atoms with Gasteiger partial charge in [0.15, 0.2) is 11.6 Å². The standard InChI is InChI=1S/C17H16F3NO2S/c1-4-11-15(9(3)22)8(2)21-16(11)14(23)7-24-17-12(19)5-10(18)6-13(17)20/h5-6,21H,4,7H2,1-3H3. The Balaban J connectivity index is 2.26. The normalized spacial score (nSPS) is 10.9. The molecule has 24 heavy (non-hydrogen) atoms. The second-order valence-electron chi connectivity index (χ2n) is 5.30. The lowest BCUT2D eigenvalue weighted by Gasteiger charge is -2.06. The molecule has 2 aromatic rings. The summed E-state index contributed by atoms with van der Waals surface area (Å²) in [6.07, 6.45) is 0.476. The fourth-order valence-electron chi connectivity index (χ4n) is 2.62. The molecule has 0 saturated carbocycles. The molecule has 0 aliphatic rings. The van der Waals surface area contributed by atoms with Crippen LogP contribution in [0, 0.1) is 24.4 Å². The Kier molecular flexibility index (Phi) is 5.54. The van der Waals surface area contributed by atoms with E-state index in [1.165, 1.54) is 6.92 Å². The van der Waals surface area contributed by atoms with Gasteiger partial charge in [0.1, 0.15) is 17.5 Å². The van der Waals surface area contributed by atoms with E-state index < -0.39 is 22.3 Å². The molecule has 7 heteroatoms. The fourth-order valence-corrected chi connectivity index (χ4v) is 3.43. The molecule has 0 aliphatic heterocycles. The zero-order chi connectivity index (χ0) is 18.0. The highest BCUT2D eigenvalue weighted by molar-refractivity contribution is 8.00. The second-order valence-corrected chi connectivity index (χ2v) is 6.28. The Morgan fingerprint density at radius 2 is 1.75 bits per heavy atom. The molecular formula is C17H16F3NO2S. The topological polar surface area (TPSA) is 49.9 Å². The van der Waals surface area contributed by atoms with Crippen molar-refractivity contribution in [2.45, 2.75) is 32.1 Å². The minimum atomic E-state index is -1.05. The summed E-state index contributed by atoms with van der Waals surface area (Å²) in [4.78, 5) is 26.6. The molecule has 0 spiro atoms. The lowest BCUT2D eigenvalue weighted by Crippen LogP contribution is -2.08. The molecule has 2 rings (SSSR count). The van der Waals surface area contributed by atoms with Gasteiger partial charge in [-0.1, -0.05) is 6.92 Å². The number of halogens is 3. The molecule has 0 fully saturated rings. The van der Waals surface area contributed by atoms with Crippen molar-refractivity contribution in [3.63, 3.8) is 0 Å². The van der Waals surface area contributed by atoms with E-state index in [1.807, 2.05) is 6.92 Å². The number of H-pyrrole nitrogens is 1. The van der Waals surface area contributed by atoms with Crippen LogP contribution >= 0.6 is 11.8 Å². The van der Waals surface area contributed by atoms with Crippen molar-refractivity contribution in [3.05, 3.63) is 52.1 Å². The van der Waals surface area contributed by atoms with Gasteiger partial charge in [0.25, 0.3) is 0 Å². The van der Waals surface area contributed by atoms with Crippen molar-refractivity contribution < 1.29 is 22.8 Å². The van der Waals surface area contributed by atoms with E-state index in [-0.39, 0.29) is 23.0 Å². The van der Waals surface area contributed by atoms with Crippen LogP contribution in [0.1, 0.15) is 46.0 Å². The summed E-state index contributed by atoms with van der Waals surface area (Å²) in [5.41, 5.74) is 1.94. The van der Waals surface area contributed by atoms with Crippen LogP contribution in [0.15, 0.2) is 17.0 Å². The smallest absolute Gasteiger partial charge is 0.189 e. The fraction of sp³-hybridized carbons (Fsp3) is 0.294. The second kappa shape index (κ2) is 7.25. The number of nitrogens with one attached hydrogen (secondary N) is 1. The number of Topliss-reactive ketones (excluding diaryl/α,β-unsaturated/α-hetero) is 2. The van der Waals surface area contributed by atoms with Gasteiger partial charge in [-0.2, -0.15) is 0 Å². The van der Waals surface area contributed by atoms with Gasteiger partial charge in [0.2, 0.25) is 0 Å². The SMILES string of the molecule is CCc1c(C(=O)CSc2c(F)cc(F)cc2F)[nH]c(C)c1C(C)=O. The van der Waals surface area contributed by atoms with Gasteiger partial charge in [0, 0.05) is 23.4 Å². The van der Waals surface area contributed by atoms with Crippen molar-refractivity contribution >= 4 is 23.3 Å². The average Bonchev–Trinajstić information content (AvgIpc) is 2.82. The van der Waals surface area contributed by atoms with E-state index in [0.717, 1.165) is 0 Å².